The van der Waals surface area contributed by atoms with Crippen molar-refractivity contribution >= 4 is 46.7 Å². The van der Waals surface area contributed by atoms with Crippen LogP contribution in [0.1, 0.15) is 10.4 Å². The number of anilines is 1. The van der Waals surface area contributed by atoms with Crippen LogP contribution in [0.15, 0.2) is 65.6 Å². The molecular weight excluding hydrogens is 362 g/mol. The largest absolute Gasteiger partial charge is 0.478 e. The average molecular weight is 376 g/mol. The van der Waals surface area contributed by atoms with Crippen molar-refractivity contribution in [2.75, 3.05) is 11.1 Å². The van der Waals surface area contributed by atoms with E-state index < -0.39 is 11.9 Å². The lowest BCUT2D eigenvalue weighted by atomic mass is 10.1. The zero-order valence-corrected chi connectivity index (χ0v) is 14.5. The van der Waals surface area contributed by atoms with Crippen LogP contribution in [-0.4, -0.2) is 28.5 Å². The van der Waals surface area contributed by atoms with Crippen LogP contribution in [0.2, 0.25) is 5.02 Å². The van der Waals surface area contributed by atoms with E-state index in [4.69, 9.17) is 16.7 Å². The molecule has 0 unspecified atom stereocenters. The van der Waals surface area contributed by atoms with Crippen molar-refractivity contribution in [1.29, 1.82) is 0 Å². The molecule has 0 heterocycles. The Kier molecular flexibility index (Phi) is 6.80. The molecule has 0 radical (unpaired) electrons. The number of carboxylic acids is 1. The Hall–Kier alpha value is -2.57. The van der Waals surface area contributed by atoms with Crippen LogP contribution in [0.4, 0.5) is 5.69 Å². The first-order valence-electron chi connectivity index (χ1n) is 7.17. The highest BCUT2D eigenvalue weighted by Gasteiger charge is 2.07. The lowest BCUT2D eigenvalue weighted by Crippen LogP contribution is -2.08. The van der Waals surface area contributed by atoms with Gasteiger partial charge in [0.2, 0.25) is 5.91 Å². The van der Waals surface area contributed by atoms with Crippen molar-refractivity contribution in [1.82, 2.24) is 0 Å². The molecule has 0 fully saturated rings. The number of aliphatic carboxylic acids is 1. The van der Waals surface area contributed by atoms with Gasteiger partial charge >= 0.3 is 5.97 Å². The van der Waals surface area contributed by atoms with E-state index in [1.807, 2.05) is 0 Å². The second-order valence-electron chi connectivity index (χ2n) is 4.90. The molecule has 5 nitrogen and oxygen atoms in total. The number of halogens is 1. The maximum atomic E-state index is 12.1. The number of carbonyl (C=O) groups is 3. The fraction of sp³-hybridized carbons (Fsp3) is 0.0556. The number of Topliss-reactive ketones (excluding diaryl/α,β-unsaturated/α-hetero) is 1. The summed E-state index contributed by atoms with van der Waals surface area (Å²) >= 11 is 7.18. The Morgan fingerprint density at radius 1 is 1.00 bits per heavy atom. The molecule has 2 aromatic rings. The fourth-order valence-electron chi connectivity index (χ4n) is 1.83. The van der Waals surface area contributed by atoms with E-state index in [1.54, 1.807) is 48.5 Å². The van der Waals surface area contributed by atoms with Crippen molar-refractivity contribution in [2.45, 2.75) is 4.90 Å². The topological polar surface area (TPSA) is 83.5 Å². The van der Waals surface area contributed by atoms with E-state index >= 15 is 0 Å². The summed E-state index contributed by atoms with van der Waals surface area (Å²) in [6.45, 7) is 0. The molecule has 0 aliphatic rings. The average Bonchev–Trinajstić information content (AvgIpc) is 2.60. The first kappa shape index (κ1) is 18.8. The molecule has 1 amide bonds. The molecule has 0 saturated carbocycles. The zero-order valence-electron chi connectivity index (χ0n) is 12.9. The molecule has 0 aromatic heterocycles. The standard InChI is InChI=1S/C18H14ClNO4S/c19-13-3-1-12(2-4-13)16(21)11-25-15-7-5-14(6-8-15)20-17(22)9-10-18(23)24/h1-10H,11H2,(H,20,22)(H,23,24)/b10-9+. The van der Waals surface area contributed by atoms with Gasteiger partial charge in [-0.3, -0.25) is 9.59 Å². The lowest BCUT2D eigenvalue weighted by molar-refractivity contribution is -0.131. The number of thioether (sulfide) groups is 1. The Labute approximate surface area is 153 Å². The van der Waals surface area contributed by atoms with Crippen LogP contribution in [0.5, 0.6) is 0 Å². The van der Waals surface area contributed by atoms with Gasteiger partial charge < -0.3 is 10.4 Å². The van der Waals surface area contributed by atoms with Gasteiger partial charge in [-0.1, -0.05) is 11.6 Å². The van der Waals surface area contributed by atoms with Gasteiger partial charge in [0, 0.05) is 33.3 Å². The van der Waals surface area contributed by atoms with E-state index in [0.29, 0.717) is 16.3 Å². The number of benzene rings is 2. The Balaban J connectivity index is 1.87. The first-order chi connectivity index (χ1) is 11.9. The van der Waals surface area contributed by atoms with Crippen LogP contribution >= 0.6 is 23.4 Å². The Morgan fingerprint density at radius 3 is 2.24 bits per heavy atom. The van der Waals surface area contributed by atoms with Crippen LogP contribution in [-0.2, 0) is 9.59 Å². The smallest absolute Gasteiger partial charge is 0.328 e. The van der Waals surface area contributed by atoms with Gasteiger partial charge in [-0.2, -0.15) is 0 Å². The zero-order chi connectivity index (χ0) is 18.2. The Morgan fingerprint density at radius 2 is 1.64 bits per heavy atom. The van der Waals surface area contributed by atoms with Crippen molar-refractivity contribution in [2.24, 2.45) is 0 Å². The predicted molar refractivity (Wildman–Crippen MR) is 98.4 cm³/mol. The summed E-state index contributed by atoms with van der Waals surface area (Å²) in [6.07, 6.45) is 1.71. The van der Waals surface area contributed by atoms with Gasteiger partial charge in [0.05, 0.1) is 5.75 Å². The molecule has 7 heteroatoms. The normalized spacial score (nSPS) is 10.6. The molecule has 2 N–H and O–H groups in total. The summed E-state index contributed by atoms with van der Waals surface area (Å²) < 4.78 is 0. The third-order valence-corrected chi connectivity index (χ3v) is 4.30. The van der Waals surface area contributed by atoms with Crippen LogP contribution in [0, 0.1) is 0 Å². The number of ketones is 1. The van der Waals surface area contributed by atoms with Crippen LogP contribution < -0.4 is 5.32 Å². The van der Waals surface area contributed by atoms with E-state index in [-0.39, 0.29) is 11.5 Å². The molecule has 2 rings (SSSR count). The molecule has 0 atom stereocenters. The Bertz CT molecular complexity index is 801. The number of hydrogen-bond donors (Lipinski definition) is 2. The maximum absolute atomic E-state index is 12.1. The first-order valence-corrected chi connectivity index (χ1v) is 8.54. The highest BCUT2D eigenvalue weighted by atomic mass is 35.5. The van der Waals surface area contributed by atoms with Crippen molar-refractivity contribution in [3.8, 4) is 0 Å². The molecule has 25 heavy (non-hydrogen) atoms. The van der Waals surface area contributed by atoms with E-state index in [2.05, 4.69) is 5.32 Å². The van der Waals surface area contributed by atoms with Gasteiger partial charge in [-0.05, 0) is 48.5 Å². The fourth-order valence-corrected chi connectivity index (χ4v) is 2.75. The van der Waals surface area contributed by atoms with Gasteiger partial charge in [-0.15, -0.1) is 11.8 Å². The lowest BCUT2D eigenvalue weighted by Gasteiger charge is -2.05. The van der Waals surface area contributed by atoms with Gasteiger partial charge in [0.15, 0.2) is 5.78 Å². The van der Waals surface area contributed by atoms with Crippen molar-refractivity contribution in [3.05, 3.63) is 71.3 Å². The number of carbonyl (C=O) groups excluding carboxylic acids is 2. The third kappa shape index (κ3) is 6.45. The van der Waals surface area contributed by atoms with Gasteiger partial charge in [0.1, 0.15) is 0 Å². The molecule has 0 saturated heterocycles. The second kappa shape index (κ2) is 9.05. The number of rotatable bonds is 7. The van der Waals surface area contributed by atoms with E-state index in [9.17, 15) is 14.4 Å². The molecule has 0 aliphatic heterocycles. The summed E-state index contributed by atoms with van der Waals surface area (Å²) in [6, 6.07) is 13.6. The molecule has 0 bridgehead atoms. The summed E-state index contributed by atoms with van der Waals surface area (Å²) in [5.41, 5.74) is 1.14. The summed E-state index contributed by atoms with van der Waals surface area (Å²) in [7, 11) is 0. The van der Waals surface area contributed by atoms with E-state index in [0.717, 1.165) is 17.0 Å². The molecule has 0 aliphatic carbocycles. The number of carboxylic acid groups (broad SMARTS) is 1. The minimum absolute atomic E-state index is 0.00199. The van der Waals surface area contributed by atoms with Crippen LogP contribution in [0.25, 0.3) is 0 Å². The number of amides is 1. The molecule has 0 spiro atoms. The highest BCUT2D eigenvalue weighted by Crippen LogP contribution is 2.22. The van der Waals surface area contributed by atoms with Crippen LogP contribution in [0.3, 0.4) is 0 Å². The van der Waals surface area contributed by atoms with E-state index in [1.165, 1.54) is 11.8 Å². The predicted octanol–water partition coefficient (Wildman–Crippen LogP) is 3.89. The van der Waals surface area contributed by atoms with Crippen molar-refractivity contribution < 1.29 is 19.5 Å². The maximum Gasteiger partial charge on any atom is 0.328 e. The highest BCUT2D eigenvalue weighted by molar-refractivity contribution is 8.00. The quantitative estimate of drug-likeness (QED) is 0.435. The summed E-state index contributed by atoms with van der Waals surface area (Å²) in [4.78, 5) is 34.8. The SMILES string of the molecule is O=C(O)/C=C/C(=O)Nc1ccc(SCC(=O)c2ccc(Cl)cc2)cc1. The molecule has 128 valence electrons. The van der Waals surface area contributed by atoms with Gasteiger partial charge in [0.25, 0.3) is 0 Å². The number of hydrogen-bond acceptors (Lipinski definition) is 4. The third-order valence-electron chi connectivity index (χ3n) is 3.04. The van der Waals surface area contributed by atoms with Gasteiger partial charge in [-0.25, -0.2) is 4.79 Å². The van der Waals surface area contributed by atoms with Crippen molar-refractivity contribution in [3.63, 3.8) is 0 Å². The summed E-state index contributed by atoms with van der Waals surface area (Å²) in [5, 5.41) is 11.6. The summed E-state index contributed by atoms with van der Waals surface area (Å²) in [5.74, 6) is -1.43. The molecular formula is C18H14ClNO4S. The molecule has 2 aromatic carbocycles. The minimum atomic E-state index is -1.19. The number of nitrogens with one attached hydrogen (secondary N) is 1. The minimum Gasteiger partial charge on any atom is -0.478 e. The monoisotopic (exact) mass is 375 g/mol. The second-order valence-corrected chi connectivity index (χ2v) is 6.39.